The molecule has 0 radical (unpaired) electrons. The number of carbonyl (C=O) groups excluding carboxylic acids is 1. The lowest BCUT2D eigenvalue weighted by atomic mass is 9.82. The first-order valence-corrected chi connectivity index (χ1v) is 7.09. The van der Waals surface area contributed by atoms with E-state index < -0.39 is 23.5 Å². The van der Waals surface area contributed by atoms with Crippen molar-refractivity contribution >= 4 is 23.7 Å². The van der Waals surface area contributed by atoms with Gasteiger partial charge in [0.2, 0.25) is 0 Å². The van der Waals surface area contributed by atoms with Crippen LogP contribution in [0.2, 0.25) is 0 Å². The van der Waals surface area contributed by atoms with Crippen LogP contribution in [0.5, 0.6) is 0 Å². The molecule has 1 saturated carbocycles. The molecule has 22 heavy (non-hydrogen) atoms. The Morgan fingerprint density at radius 2 is 1.73 bits per heavy atom. The van der Waals surface area contributed by atoms with E-state index in [1.165, 1.54) is 18.2 Å². The van der Waals surface area contributed by atoms with Crippen molar-refractivity contribution in [1.82, 2.24) is 5.32 Å². The highest BCUT2D eigenvalue weighted by atomic mass is 16.4. The zero-order chi connectivity index (χ0) is 16.2. The molecule has 0 atom stereocenters. The fraction of sp³-hybridized carbons (Fsp3) is 0.400. The highest BCUT2D eigenvalue weighted by molar-refractivity contribution is 5.95. The zero-order valence-corrected chi connectivity index (χ0v) is 12.0. The highest BCUT2D eigenvalue weighted by Gasteiger charge is 2.40. The third kappa shape index (κ3) is 3.55. The van der Waals surface area contributed by atoms with Crippen LogP contribution in [0.15, 0.2) is 24.3 Å². The molecule has 7 nitrogen and oxygen atoms in total. The lowest BCUT2D eigenvalue weighted by Gasteiger charge is -2.33. The predicted molar refractivity (Wildman–Crippen MR) is 79.0 cm³/mol. The van der Waals surface area contributed by atoms with E-state index in [-0.39, 0.29) is 5.56 Å². The maximum absolute atomic E-state index is 12.0. The van der Waals surface area contributed by atoms with Crippen LogP contribution in [0.3, 0.4) is 0 Å². The molecule has 0 heterocycles. The van der Waals surface area contributed by atoms with E-state index in [0.717, 1.165) is 19.3 Å². The van der Waals surface area contributed by atoms with Crippen LogP contribution in [0.25, 0.3) is 0 Å². The van der Waals surface area contributed by atoms with Gasteiger partial charge in [-0.15, -0.1) is 0 Å². The summed E-state index contributed by atoms with van der Waals surface area (Å²) in [5.41, 5.74) is -0.899. The molecule has 0 spiro atoms. The third-order valence-electron chi connectivity index (χ3n) is 3.84. The molecule has 2 amide bonds. The molecule has 1 aliphatic rings. The van der Waals surface area contributed by atoms with E-state index in [1.807, 2.05) is 0 Å². The fourth-order valence-electron chi connectivity index (χ4n) is 2.66. The number of anilines is 1. The maximum atomic E-state index is 12.0. The molecule has 2 rings (SSSR count). The van der Waals surface area contributed by atoms with Crippen LogP contribution >= 0.6 is 0 Å². The molecule has 1 aliphatic carbocycles. The Balaban J connectivity index is 2.07. The number of hydrogen-bond acceptors (Lipinski definition) is 3. The van der Waals surface area contributed by atoms with E-state index in [2.05, 4.69) is 10.6 Å². The summed E-state index contributed by atoms with van der Waals surface area (Å²) in [6, 6.07) is 5.13. The Morgan fingerprint density at radius 3 is 2.32 bits per heavy atom. The first-order chi connectivity index (χ1) is 10.4. The molecule has 0 aromatic heterocycles. The summed E-state index contributed by atoms with van der Waals surface area (Å²) in [5, 5.41) is 23.3. The van der Waals surface area contributed by atoms with Crippen LogP contribution in [-0.2, 0) is 4.79 Å². The van der Waals surface area contributed by atoms with Crippen molar-refractivity contribution in [3.05, 3.63) is 29.8 Å². The van der Waals surface area contributed by atoms with Crippen molar-refractivity contribution in [1.29, 1.82) is 0 Å². The van der Waals surface area contributed by atoms with Gasteiger partial charge in [-0.2, -0.15) is 0 Å². The van der Waals surface area contributed by atoms with Gasteiger partial charge in [0.25, 0.3) is 0 Å². The second kappa shape index (κ2) is 6.46. The summed E-state index contributed by atoms with van der Waals surface area (Å²) in [6.45, 7) is 0. The Hall–Kier alpha value is -2.57. The quantitative estimate of drug-likeness (QED) is 0.681. The summed E-state index contributed by atoms with van der Waals surface area (Å²) in [5.74, 6) is -2.14. The SMILES string of the molecule is O=C(Nc1cccc(C(=O)O)c1)NC1(C(=O)O)CCCCC1. The summed E-state index contributed by atoms with van der Waals surface area (Å²) in [4.78, 5) is 34.4. The van der Waals surface area contributed by atoms with Crippen molar-refractivity contribution in [3.63, 3.8) is 0 Å². The van der Waals surface area contributed by atoms with Crippen molar-refractivity contribution in [2.75, 3.05) is 5.32 Å². The average Bonchev–Trinajstić information content (AvgIpc) is 2.48. The van der Waals surface area contributed by atoms with Gasteiger partial charge in [-0.25, -0.2) is 14.4 Å². The normalized spacial score (nSPS) is 16.5. The molecular formula is C15H18N2O5. The summed E-state index contributed by atoms with van der Waals surface area (Å²) in [6.07, 6.45) is 3.25. The number of aliphatic carboxylic acids is 1. The van der Waals surface area contributed by atoms with E-state index >= 15 is 0 Å². The molecule has 0 saturated heterocycles. The zero-order valence-electron chi connectivity index (χ0n) is 12.0. The van der Waals surface area contributed by atoms with Gasteiger partial charge in [0.15, 0.2) is 0 Å². The van der Waals surface area contributed by atoms with Gasteiger partial charge in [-0.3, -0.25) is 0 Å². The lowest BCUT2D eigenvalue weighted by molar-refractivity contribution is -0.145. The van der Waals surface area contributed by atoms with Gasteiger partial charge in [0.05, 0.1) is 5.56 Å². The monoisotopic (exact) mass is 306 g/mol. The fourth-order valence-corrected chi connectivity index (χ4v) is 2.66. The molecule has 7 heteroatoms. The lowest BCUT2D eigenvalue weighted by Crippen LogP contribution is -2.56. The molecular weight excluding hydrogens is 288 g/mol. The second-order valence-electron chi connectivity index (χ2n) is 5.41. The first kappa shape index (κ1) is 15.8. The van der Waals surface area contributed by atoms with E-state index in [9.17, 15) is 19.5 Å². The number of carboxylic acid groups (broad SMARTS) is 2. The van der Waals surface area contributed by atoms with Crippen LogP contribution in [0, 0.1) is 0 Å². The summed E-state index contributed by atoms with van der Waals surface area (Å²) >= 11 is 0. The van der Waals surface area contributed by atoms with Gasteiger partial charge < -0.3 is 20.8 Å². The number of aromatic carboxylic acids is 1. The summed E-state index contributed by atoms with van der Waals surface area (Å²) < 4.78 is 0. The number of urea groups is 1. The molecule has 1 aromatic carbocycles. The molecule has 0 bridgehead atoms. The number of hydrogen-bond donors (Lipinski definition) is 4. The maximum Gasteiger partial charge on any atom is 0.335 e. The summed E-state index contributed by atoms with van der Waals surface area (Å²) in [7, 11) is 0. The molecule has 1 fully saturated rings. The molecule has 118 valence electrons. The minimum absolute atomic E-state index is 0.0448. The predicted octanol–water partition coefficient (Wildman–Crippen LogP) is 2.29. The number of nitrogens with one attached hydrogen (secondary N) is 2. The largest absolute Gasteiger partial charge is 0.480 e. The van der Waals surface area contributed by atoms with Gasteiger partial charge in [-0.05, 0) is 31.0 Å². The van der Waals surface area contributed by atoms with Crippen LogP contribution < -0.4 is 10.6 Å². The van der Waals surface area contributed by atoms with E-state index in [4.69, 9.17) is 5.11 Å². The Bertz CT molecular complexity index is 593. The van der Waals surface area contributed by atoms with Crippen molar-refractivity contribution in [2.45, 2.75) is 37.6 Å². The standard InChI is InChI=1S/C15H18N2O5/c18-12(19)10-5-4-6-11(9-10)16-14(22)17-15(13(20)21)7-2-1-3-8-15/h4-6,9H,1-3,7-8H2,(H,18,19)(H,20,21)(H2,16,17,22). The molecule has 1 aromatic rings. The highest BCUT2D eigenvalue weighted by Crippen LogP contribution is 2.28. The van der Waals surface area contributed by atoms with Gasteiger partial charge >= 0.3 is 18.0 Å². The smallest absolute Gasteiger partial charge is 0.335 e. The van der Waals surface area contributed by atoms with Crippen LogP contribution in [0.4, 0.5) is 10.5 Å². The van der Waals surface area contributed by atoms with Crippen molar-refractivity contribution in [2.24, 2.45) is 0 Å². The van der Waals surface area contributed by atoms with Gasteiger partial charge in [0.1, 0.15) is 5.54 Å². The minimum Gasteiger partial charge on any atom is -0.480 e. The second-order valence-corrected chi connectivity index (χ2v) is 5.41. The number of benzene rings is 1. The molecule has 0 unspecified atom stereocenters. The first-order valence-electron chi connectivity index (χ1n) is 7.09. The van der Waals surface area contributed by atoms with Crippen LogP contribution in [0.1, 0.15) is 42.5 Å². The van der Waals surface area contributed by atoms with Crippen molar-refractivity contribution < 1.29 is 24.6 Å². The Morgan fingerprint density at radius 1 is 1.05 bits per heavy atom. The average molecular weight is 306 g/mol. The topological polar surface area (TPSA) is 116 Å². The number of carboxylic acids is 2. The van der Waals surface area contributed by atoms with Crippen molar-refractivity contribution in [3.8, 4) is 0 Å². The molecule has 0 aliphatic heterocycles. The van der Waals surface area contributed by atoms with Gasteiger partial charge in [0, 0.05) is 5.69 Å². The van der Waals surface area contributed by atoms with E-state index in [1.54, 1.807) is 6.07 Å². The van der Waals surface area contributed by atoms with E-state index in [0.29, 0.717) is 18.5 Å². The number of amides is 2. The Labute approximate surface area is 127 Å². The Kier molecular flexibility index (Phi) is 4.65. The number of carbonyl (C=O) groups is 3. The number of rotatable bonds is 4. The van der Waals surface area contributed by atoms with Crippen LogP contribution in [-0.4, -0.2) is 33.7 Å². The third-order valence-corrected chi connectivity index (χ3v) is 3.84. The minimum atomic E-state index is -1.24. The van der Waals surface area contributed by atoms with Gasteiger partial charge in [-0.1, -0.05) is 25.3 Å². The molecule has 4 N–H and O–H groups in total.